The second-order valence-corrected chi connectivity index (χ2v) is 6.08. The van der Waals surface area contributed by atoms with E-state index in [1.165, 1.54) is 12.4 Å². The first-order valence-corrected chi connectivity index (χ1v) is 7.66. The van der Waals surface area contributed by atoms with E-state index in [-0.39, 0.29) is 12.1 Å². The minimum absolute atomic E-state index is 0.0452. The number of aromatic amines is 1. The molecule has 6 nitrogen and oxygen atoms in total. The second-order valence-electron chi connectivity index (χ2n) is 6.08. The Morgan fingerprint density at radius 2 is 2.04 bits per heavy atom. The predicted octanol–water partition coefficient (Wildman–Crippen LogP) is 2.47. The topological polar surface area (TPSA) is 95.1 Å². The van der Waals surface area contributed by atoms with E-state index >= 15 is 0 Å². The minimum atomic E-state index is -0.925. The van der Waals surface area contributed by atoms with E-state index in [0.29, 0.717) is 23.9 Å². The molecule has 3 N–H and O–H groups in total. The summed E-state index contributed by atoms with van der Waals surface area (Å²) in [4.78, 5) is 30.8. The number of carbonyl (C=O) groups is 2. The Balaban J connectivity index is 1.80. The highest BCUT2D eigenvalue weighted by molar-refractivity contribution is 6.05. The van der Waals surface area contributed by atoms with Crippen LogP contribution in [0.3, 0.4) is 0 Å². The Kier molecular flexibility index (Phi) is 4.02. The number of nitrogens with one attached hydrogen (secondary N) is 2. The van der Waals surface area contributed by atoms with Gasteiger partial charge in [-0.05, 0) is 25.0 Å². The van der Waals surface area contributed by atoms with E-state index in [4.69, 9.17) is 0 Å². The van der Waals surface area contributed by atoms with Crippen molar-refractivity contribution in [3.05, 3.63) is 29.8 Å². The van der Waals surface area contributed by atoms with Crippen LogP contribution >= 0.6 is 0 Å². The quantitative estimate of drug-likeness (QED) is 0.806. The summed E-state index contributed by atoms with van der Waals surface area (Å²) >= 11 is 0. The molecule has 1 aliphatic carbocycles. The number of hydrogen-bond donors (Lipinski definition) is 3. The summed E-state index contributed by atoms with van der Waals surface area (Å²) in [5.41, 5.74) is -0.0124. The van der Waals surface area contributed by atoms with Gasteiger partial charge in [0.2, 0.25) is 0 Å². The van der Waals surface area contributed by atoms with Crippen LogP contribution in [0.4, 0.5) is 4.39 Å². The summed E-state index contributed by atoms with van der Waals surface area (Å²) in [6.07, 6.45) is 5.17. The number of nitrogens with zero attached hydrogens (tertiary/aromatic N) is 1. The maximum atomic E-state index is 13.6. The third-order valence-electron chi connectivity index (χ3n) is 4.58. The lowest BCUT2D eigenvalue weighted by Crippen LogP contribution is -2.44. The average molecular weight is 319 g/mol. The molecule has 1 heterocycles. The summed E-state index contributed by atoms with van der Waals surface area (Å²) in [7, 11) is 0. The van der Waals surface area contributed by atoms with Gasteiger partial charge in [-0.2, -0.15) is 0 Å². The van der Waals surface area contributed by atoms with Crippen LogP contribution in [0.1, 0.15) is 42.5 Å². The number of carbonyl (C=O) groups excluding carboxylic acids is 1. The van der Waals surface area contributed by atoms with Crippen molar-refractivity contribution in [3.8, 4) is 0 Å². The van der Waals surface area contributed by atoms with Crippen LogP contribution in [0.25, 0.3) is 11.0 Å². The number of hydrogen-bond acceptors (Lipinski definition) is 3. The molecular weight excluding hydrogens is 301 g/mol. The number of rotatable bonds is 4. The summed E-state index contributed by atoms with van der Waals surface area (Å²) in [6, 6.07) is 2.38. The van der Waals surface area contributed by atoms with Crippen LogP contribution in [0, 0.1) is 11.2 Å². The molecule has 0 radical (unpaired) electrons. The van der Waals surface area contributed by atoms with Gasteiger partial charge >= 0.3 is 5.97 Å². The first kappa shape index (κ1) is 15.5. The Hall–Kier alpha value is -2.44. The molecular formula is C16H18FN3O3. The molecule has 0 unspecified atom stereocenters. The van der Waals surface area contributed by atoms with Crippen molar-refractivity contribution in [1.29, 1.82) is 0 Å². The smallest absolute Gasteiger partial charge is 0.311 e. The minimum Gasteiger partial charge on any atom is -0.481 e. The van der Waals surface area contributed by atoms with Crippen molar-refractivity contribution < 1.29 is 19.1 Å². The molecule has 1 saturated carbocycles. The molecule has 23 heavy (non-hydrogen) atoms. The number of imidazole rings is 1. The Morgan fingerprint density at radius 1 is 1.30 bits per heavy atom. The first-order valence-electron chi connectivity index (χ1n) is 7.66. The van der Waals surface area contributed by atoms with Gasteiger partial charge in [-0.25, -0.2) is 9.37 Å². The van der Waals surface area contributed by atoms with Gasteiger partial charge in [-0.15, -0.1) is 0 Å². The van der Waals surface area contributed by atoms with E-state index in [1.54, 1.807) is 0 Å². The van der Waals surface area contributed by atoms with E-state index < -0.39 is 23.1 Å². The van der Waals surface area contributed by atoms with Gasteiger partial charge in [0, 0.05) is 6.54 Å². The maximum absolute atomic E-state index is 13.6. The van der Waals surface area contributed by atoms with Gasteiger partial charge < -0.3 is 15.4 Å². The van der Waals surface area contributed by atoms with Crippen LogP contribution in [0.5, 0.6) is 0 Å². The number of fused-ring (bicyclic) bond motifs is 1. The summed E-state index contributed by atoms with van der Waals surface area (Å²) in [5, 5.41) is 12.2. The fourth-order valence-electron chi connectivity index (χ4n) is 3.23. The van der Waals surface area contributed by atoms with Gasteiger partial charge in [-0.3, -0.25) is 9.59 Å². The zero-order chi connectivity index (χ0) is 16.4. The molecule has 1 aromatic carbocycles. The van der Waals surface area contributed by atoms with Crippen molar-refractivity contribution >= 4 is 22.9 Å². The molecule has 122 valence electrons. The molecule has 1 fully saturated rings. The first-order chi connectivity index (χ1) is 11.0. The van der Waals surface area contributed by atoms with Crippen LogP contribution in [-0.4, -0.2) is 33.5 Å². The lowest BCUT2D eigenvalue weighted by Gasteiger charge is -2.33. The molecule has 0 aliphatic heterocycles. The van der Waals surface area contributed by atoms with Gasteiger partial charge in [0.05, 0.1) is 22.8 Å². The van der Waals surface area contributed by atoms with Crippen LogP contribution in [0.15, 0.2) is 18.5 Å². The van der Waals surface area contributed by atoms with E-state index in [9.17, 15) is 19.1 Å². The number of H-pyrrole nitrogens is 1. The fraction of sp³-hybridized carbons (Fsp3) is 0.438. The number of aromatic nitrogens is 2. The average Bonchev–Trinajstić information content (AvgIpc) is 3.00. The SMILES string of the molecule is O=C(NCC1(C(=O)O)CCCCC1)c1cc(F)cc2[nH]cnc12. The Labute approximate surface area is 132 Å². The van der Waals surface area contributed by atoms with Crippen LogP contribution in [-0.2, 0) is 4.79 Å². The maximum Gasteiger partial charge on any atom is 0.311 e. The fourth-order valence-corrected chi connectivity index (χ4v) is 3.23. The lowest BCUT2D eigenvalue weighted by molar-refractivity contribution is -0.150. The number of amides is 1. The predicted molar refractivity (Wildman–Crippen MR) is 81.5 cm³/mol. The summed E-state index contributed by atoms with van der Waals surface area (Å²) in [6.45, 7) is 0.0452. The monoisotopic (exact) mass is 319 g/mol. The van der Waals surface area contributed by atoms with Crippen molar-refractivity contribution in [2.75, 3.05) is 6.54 Å². The Morgan fingerprint density at radius 3 is 2.74 bits per heavy atom. The summed E-state index contributed by atoms with van der Waals surface area (Å²) < 4.78 is 13.6. The normalized spacial score (nSPS) is 17.1. The zero-order valence-electron chi connectivity index (χ0n) is 12.6. The molecule has 1 amide bonds. The highest BCUT2D eigenvalue weighted by Crippen LogP contribution is 2.36. The second kappa shape index (κ2) is 5.98. The zero-order valence-corrected chi connectivity index (χ0v) is 12.6. The number of halogens is 1. The van der Waals surface area contributed by atoms with Gasteiger partial charge in [-0.1, -0.05) is 19.3 Å². The molecule has 0 atom stereocenters. The van der Waals surface area contributed by atoms with E-state index in [2.05, 4.69) is 15.3 Å². The summed E-state index contributed by atoms with van der Waals surface area (Å²) in [5.74, 6) is -1.94. The molecule has 0 saturated heterocycles. The number of benzene rings is 1. The van der Waals surface area contributed by atoms with Gasteiger partial charge in [0.25, 0.3) is 5.91 Å². The Bertz CT molecular complexity index is 750. The molecule has 1 aromatic heterocycles. The third-order valence-corrected chi connectivity index (χ3v) is 4.58. The van der Waals surface area contributed by atoms with E-state index in [1.807, 2.05) is 0 Å². The highest BCUT2D eigenvalue weighted by atomic mass is 19.1. The largest absolute Gasteiger partial charge is 0.481 e. The van der Waals surface area contributed by atoms with Crippen molar-refractivity contribution in [3.63, 3.8) is 0 Å². The molecule has 7 heteroatoms. The van der Waals surface area contributed by atoms with Gasteiger partial charge in [0.1, 0.15) is 11.3 Å². The molecule has 1 aliphatic rings. The van der Waals surface area contributed by atoms with Gasteiger partial charge in [0.15, 0.2) is 0 Å². The van der Waals surface area contributed by atoms with Crippen LogP contribution in [0.2, 0.25) is 0 Å². The third kappa shape index (κ3) is 2.91. The van der Waals surface area contributed by atoms with Crippen molar-refractivity contribution in [1.82, 2.24) is 15.3 Å². The highest BCUT2D eigenvalue weighted by Gasteiger charge is 2.39. The van der Waals surface area contributed by atoms with E-state index in [0.717, 1.165) is 25.3 Å². The van der Waals surface area contributed by atoms with Crippen molar-refractivity contribution in [2.45, 2.75) is 32.1 Å². The number of aliphatic carboxylic acids is 1. The molecule has 2 aromatic rings. The number of carboxylic acid groups (broad SMARTS) is 1. The number of carboxylic acids is 1. The standard InChI is InChI=1S/C16H18FN3O3/c17-10-6-11(13-12(7-10)19-9-20-13)14(21)18-8-16(15(22)23)4-2-1-3-5-16/h6-7,9H,1-5,8H2,(H,18,21)(H,19,20)(H,22,23). The molecule has 0 bridgehead atoms. The molecule has 0 spiro atoms. The lowest BCUT2D eigenvalue weighted by atomic mass is 9.74. The van der Waals surface area contributed by atoms with Crippen LogP contribution < -0.4 is 5.32 Å². The molecule has 3 rings (SSSR count). The van der Waals surface area contributed by atoms with Crippen molar-refractivity contribution in [2.24, 2.45) is 5.41 Å².